The largest absolute Gasteiger partial charge is 0.469 e. The lowest BCUT2D eigenvalue weighted by Crippen LogP contribution is -2.22. The average molecular weight is 378 g/mol. The van der Waals surface area contributed by atoms with Crippen molar-refractivity contribution < 1.29 is 18.7 Å². The first-order valence-electron chi connectivity index (χ1n) is 8.70. The Bertz CT molecular complexity index is 1190. The summed E-state index contributed by atoms with van der Waals surface area (Å²) in [6, 6.07) is 7.47. The molecule has 0 radical (unpaired) electrons. The number of carbonyl (C=O) groups excluding carboxylic acids is 2. The number of rotatable bonds is 5. The lowest BCUT2D eigenvalue weighted by molar-refractivity contribution is -0.139. The lowest BCUT2D eigenvalue weighted by Gasteiger charge is -2.03. The van der Waals surface area contributed by atoms with Crippen molar-refractivity contribution in [1.82, 2.24) is 19.9 Å². The van der Waals surface area contributed by atoms with Crippen LogP contribution in [0, 0.1) is 6.92 Å². The molecule has 0 spiro atoms. The zero-order valence-corrected chi connectivity index (χ0v) is 15.4. The molecule has 4 aromatic rings. The summed E-state index contributed by atoms with van der Waals surface area (Å²) in [4.78, 5) is 28.3. The highest BCUT2D eigenvalue weighted by molar-refractivity contribution is 5.99. The molecule has 8 nitrogen and oxygen atoms in total. The van der Waals surface area contributed by atoms with Crippen molar-refractivity contribution in [1.29, 1.82) is 0 Å². The molecule has 8 heteroatoms. The summed E-state index contributed by atoms with van der Waals surface area (Å²) in [6.45, 7) is 2.15. The summed E-state index contributed by atoms with van der Waals surface area (Å²) >= 11 is 0. The standard InChI is InChI=1S/C20H18N4O4/c1-12-6-13-8-15(28-18(13)14(7-12)9-17(25)27-2)10-22-20(26)16-11-23-24-5-3-4-21-19(16)24/h3-8,11H,9-10H2,1-2H3,(H,22,26). The van der Waals surface area contributed by atoms with E-state index in [9.17, 15) is 9.59 Å². The SMILES string of the molecule is COC(=O)Cc1cc(C)cc2cc(CNC(=O)c3cnn4cccnc34)oc12. The fraction of sp³-hybridized carbons (Fsp3) is 0.200. The summed E-state index contributed by atoms with van der Waals surface area (Å²) in [5.74, 6) is -0.0386. The first-order valence-corrected chi connectivity index (χ1v) is 8.70. The monoisotopic (exact) mass is 378 g/mol. The summed E-state index contributed by atoms with van der Waals surface area (Å²) < 4.78 is 12.2. The van der Waals surface area contributed by atoms with Crippen LogP contribution in [0.4, 0.5) is 0 Å². The van der Waals surface area contributed by atoms with Gasteiger partial charge in [-0.25, -0.2) is 9.50 Å². The molecule has 0 saturated heterocycles. The van der Waals surface area contributed by atoms with Crippen LogP contribution in [0.15, 0.2) is 47.3 Å². The predicted octanol–water partition coefficient (Wildman–Crippen LogP) is 2.43. The molecule has 4 rings (SSSR count). The lowest BCUT2D eigenvalue weighted by atomic mass is 10.1. The van der Waals surface area contributed by atoms with E-state index in [1.807, 2.05) is 25.1 Å². The Morgan fingerprint density at radius 1 is 1.29 bits per heavy atom. The molecular weight excluding hydrogens is 360 g/mol. The number of methoxy groups -OCH3 is 1. The van der Waals surface area contributed by atoms with Gasteiger partial charge < -0.3 is 14.5 Å². The van der Waals surface area contributed by atoms with Crippen molar-refractivity contribution in [2.24, 2.45) is 0 Å². The molecule has 0 aliphatic rings. The number of ether oxygens (including phenoxy) is 1. The number of benzene rings is 1. The molecule has 1 N–H and O–H groups in total. The van der Waals surface area contributed by atoms with Gasteiger partial charge in [-0.05, 0) is 30.7 Å². The van der Waals surface area contributed by atoms with Gasteiger partial charge in [-0.2, -0.15) is 5.10 Å². The number of amides is 1. The molecule has 0 unspecified atom stereocenters. The number of aryl methyl sites for hydroxylation is 1. The Morgan fingerprint density at radius 2 is 2.14 bits per heavy atom. The van der Waals surface area contributed by atoms with E-state index in [2.05, 4.69) is 15.4 Å². The maximum absolute atomic E-state index is 12.5. The zero-order valence-electron chi connectivity index (χ0n) is 15.4. The first kappa shape index (κ1) is 17.7. The van der Waals surface area contributed by atoms with Gasteiger partial charge in [-0.15, -0.1) is 0 Å². The molecule has 0 bridgehead atoms. The normalized spacial score (nSPS) is 11.1. The van der Waals surface area contributed by atoms with Crippen LogP contribution in [0.5, 0.6) is 0 Å². The van der Waals surface area contributed by atoms with E-state index >= 15 is 0 Å². The fourth-order valence-electron chi connectivity index (χ4n) is 3.14. The Morgan fingerprint density at radius 3 is 2.96 bits per heavy atom. The van der Waals surface area contributed by atoms with E-state index in [-0.39, 0.29) is 24.8 Å². The van der Waals surface area contributed by atoms with Gasteiger partial charge in [-0.3, -0.25) is 9.59 Å². The van der Waals surface area contributed by atoms with Crippen LogP contribution in [0.25, 0.3) is 16.6 Å². The molecule has 1 aromatic carbocycles. The maximum Gasteiger partial charge on any atom is 0.310 e. The number of hydrogen-bond acceptors (Lipinski definition) is 6. The molecule has 3 heterocycles. The average Bonchev–Trinajstić information content (AvgIpc) is 3.30. The van der Waals surface area contributed by atoms with E-state index in [1.54, 1.807) is 18.5 Å². The number of aromatic nitrogens is 3. The molecule has 3 aromatic heterocycles. The quantitative estimate of drug-likeness (QED) is 0.536. The maximum atomic E-state index is 12.5. The minimum Gasteiger partial charge on any atom is -0.469 e. The Hall–Kier alpha value is -3.68. The number of nitrogens with zero attached hydrogens (tertiary/aromatic N) is 3. The molecule has 0 fully saturated rings. The minimum atomic E-state index is -0.335. The van der Waals surface area contributed by atoms with Crippen LogP contribution in [0.2, 0.25) is 0 Å². The predicted molar refractivity (Wildman–Crippen MR) is 101 cm³/mol. The Kier molecular flexibility index (Phi) is 4.52. The third kappa shape index (κ3) is 3.32. The van der Waals surface area contributed by atoms with Gasteiger partial charge in [-0.1, -0.05) is 6.07 Å². The van der Waals surface area contributed by atoms with Crippen LogP contribution in [-0.2, 0) is 22.5 Å². The second-order valence-corrected chi connectivity index (χ2v) is 6.44. The van der Waals surface area contributed by atoms with E-state index in [1.165, 1.54) is 17.8 Å². The van der Waals surface area contributed by atoms with Crippen LogP contribution in [-0.4, -0.2) is 33.6 Å². The summed E-state index contributed by atoms with van der Waals surface area (Å²) in [6.07, 6.45) is 4.94. The molecule has 0 saturated carbocycles. The van der Waals surface area contributed by atoms with Gasteiger partial charge in [0.25, 0.3) is 5.91 Å². The molecule has 142 valence electrons. The molecule has 28 heavy (non-hydrogen) atoms. The molecule has 1 amide bonds. The second-order valence-electron chi connectivity index (χ2n) is 6.44. The summed E-state index contributed by atoms with van der Waals surface area (Å²) in [7, 11) is 1.35. The number of carbonyl (C=O) groups is 2. The smallest absolute Gasteiger partial charge is 0.310 e. The van der Waals surface area contributed by atoms with Gasteiger partial charge in [0.15, 0.2) is 5.65 Å². The number of furan rings is 1. The van der Waals surface area contributed by atoms with E-state index in [4.69, 9.17) is 9.15 Å². The van der Waals surface area contributed by atoms with Gasteiger partial charge in [0, 0.05) is 23.3 Å². The Balaban J connectivity index is 1.56. The number of esters is 1. The highest BCUT2D eigenvalue weighted by Crippen LogP contribution is 2.26. The highest BCUT2D eigenvalue weighted by atomic mass is 16.5. The molecule has 0 atom stereocenters. The van der Waals surface area contributed by atoms with Crippen LogP contribution in [0.3, 0.4) is 0 Å². The Labute approximate surface area is 160 Å². The highest BCUT2D eigenvalue weighted by Gasteiger charge is 2.16. The van der Waals surface area contributed by atoms with Gasteiger partial charge in [0.05, 0.1) is 26.3 Å². The van der Waals surface area contributed by atoms with E-state index < -0.39 is 0 Å². The second kappa shape index (κ2) is 7.15. The third-order valence-corrected chi connectivity index (χ3v) is 4.40. The van der Waals surface area contributed by atoms with Crippen molar-refractivity contribution in [3.8, 4) is 0 Å². The third-order valence-electron chi connectivity index (χ3n) is 4.40. The van der Waals surface area contributed by atoms with Crippen LogP contribution >= 0.6 is 0 Å². The fourth-order valence-corrected chi connectivity index (χ4v) is 3.14. The van der Waals surface area contributed by atoms with Crippen LogP contribution in [0.1, 0.15) is 27.2 Å². The molecule has 0 aliphatic heterocycles. The first-order chi connectivity index (χ1) is 13.5. The topological polar surface area (TPSA) is 98.7 Å². The van der Waals surface area contributed by atoms with Gasteiger partial charge in [0.1, 0.15) is 16.9 Å². The van der Waals surface area contributed by atoms with E-state index in [0.717, 1.165) is 16.5 Å². The van der Waals surface area contributed by atoms with Gasteiger partial charge >= 0.3 is 5.97 Å². The van der Waals surface area contributed by atoms with Crippen molar-refractivity contribution in [2.75, 3.05) is 7.11 Å². The minimum absolute atomic E-state index is 0.127. The summed E-state index contributed by atoms with van der Waals surface area (Å²) in [5.41, 5.74) is 3.27. The van der Waals surface area contributed by atoms with Gasteiger partial charge in [0.2, 0.25) is 0 Å². The molecule has 0 aliphatic carbocycles. The van der Waals surface area contributed by atoms with Crippen molar-refractivity contribution in [3.63, 3.8) is 0 Å². The van der Waals surface area contributed by atoms with Crippen molar-refractivity contribution in [3.05, 3.63) is 65.3 Å². The summed E-state index contributed by atoms with van der Waals surface area (Å²) in [5, 5.41) is 7.81. The number of fused-ring (bicyclic) bond motifs is 2. The molecular formula is C20H18N4O4. The van der Waals surface area contributed by atoms with Crippen LogP contribution < -0.4 is 5.32 Å². The number of nitrogens with one attached hydrogen (secondary N) is 1. The zero-order chi connectivity index (χ0) is 19.7. The van der Waals surface area contributed by atoms with E-state index in [0.29, 0.717) is 22.6 Å². The van der Waals surface area contributed by atoms with Crippen molar-refractivity contribution >= 4 is 28.5 Å². The van der Waals surface area contributed by atoms with Crippen molar-refractivity contribution in [2.45, 2.75) is 19.9 Å². The number of hydrogen-bond donors (Lipinski definition) is 1.